The lowest BCUT2D eigenvalue weighted by Gasteiger charge is -2.21. The Hall–Kier alpha value is -1.92. The molecule has 26 heavy (non-hydrogen) atoms. The van der Waals surface area contributed by atoms with Gasteiger partial charge in [-0.15, -0.1) is 0 Å². The van der Waals surface area contributed by atoms with Gasteiger partial charge in [0, 0.05) is 19.6 Å². The standard InChI is InChI=1S/C20H29N3O2S/c1-5-22(15-17(3)4)16-19-14-21-20(26(24,25)6-2)23(19)13-12-18-10-8-7-9-11-18/h7-11,14H,3,5-6,12-13,15-16H2,1-2,4H3. The van der Waals surface area contributed by atoms with Crippen molar-refractivity contribution >= 4 is 9.84 Å². The normalized spacial score (nSPS) is 11.8. The van der Waals surface area contributed by atoms with Crippen LogP contribution >= 0.6 is 0 Å². The Morgan fingerprint density at radius 2 is 1.92 bits per heavy atom. The van der Waals surface area contributed by atoms with Gasteiger partial charge in [0.25, 0.3) is 0 Å². The van der Waals surface area contributed by atoms with Gasteiger partial charge < -0.3 is 4.57 Å². The van der Waals surface area contributed by atoms with E-state index >= 15 is 0 Å². The number of hydrogen-bond acceptors (Lipinski definition) is 4. The summed E-state index contributed by atoms with van der Waals surface area (Å²) in [6, 6.07) is 10.1. The van der Waals surface area contributed by atoms with Gasteiger partial charge in [-0.05, 0) is 25.5 Å². The van der Waals surface area contributed by atoms with Crippen LogP contribution in [0.4, 0.5) is 0 Å². The molecule has 0 aliphatic heterocycles. The highest BCUT2D eigenvalue weighted by Crippen LogP contribution is 2.17. The second-order valence-electron chi connectivity index (χ2n) is 6.58. The van der Waals surface area contributed by atoms with Gasteiger partial charge in [-0.3, -0.25) is 4.90 Å². The number of aryl methyl sites for hydroxylation is 1. The molecule has 0 fully saturated rings. The van der Waals surface area contributed by atoms with Gasteiger partial charge in [-0.2, -0.15) is 0 Å². The molecule has 0 aliphatic rings. The summed E-state index contributed by atoms with van der Waals surface area (Å²) in [7, 11) is -3.36. The van der Waals surface area contributed by atoms with Gasteiger partial charge in [0.1, 0.15) is 0 Å². The van der Waals surface area contributed by atoms with E-state index in [9.17, 15) is 8.42 Å². The van der Waals surface area contributed by atoms with Crippen LogP contribution < -0.4 is 0 Å². The Balaban J connectivity index is 2.31. The zero-order chi connectivity index (χ0) is 19.2. The summed E-state index contributed by atoms with van der Waals surface area (Å²) >= 11 is 0. The lowest BCUT2D eigenvalue weighted by atomic mass is 10.1. The molecule has 6 heteroatoms. The van der Waals surface area contributed by atoms with Crippen LogP contribution in [0.25, 0.3) is 0 Å². The van der Waals surface area contributed by atoms with E-state index in [2.05, 4.69) is 35.5 Å². The van der Waals surface area contributed by atoms with Crippen molar-refractivity contribution in [3.8, 4) is 0 Å². The van der Waals surface area contributed by atoms with E-state index in [-0.39, 0.29) is 10.9 Å². The molecule has 1 aromatic heterocycles. The smallest absolute Gasteiger partial charge is 0.227 e. The number of likely N-dealkylation sites (N-methyl/N-ethyl adjacent to an activating group) is 1. The Morgan fingerprint density at radius 3 is 2.50 bits per heavy atom. The first-order valence-corrected chi connectivity index (χ1v) is 10.7. The third kappa shape index (κ3) is 5.29. The fourth-order valence-corrected chi connectivity index (χ4v) is 3.93. The van der Waals surface area contributed by atoms with E-state index in [0.717, 1.165) is 30.8 Å². The van der Waals surface area contributed by atoms with E-state index in [1.54, 1.807) is 13.1 Å². The monoisotopic (exact) mass is 375 g/mol. The van der Waals surface area contributed by atoms with E-state index in [1.165, 1.54) is 5.56 Å². The summed E-state index contributed by atoms with van der Waals surface area (Å²) < 4.78 is 26.8. The molecular formula is C20H29N3O2S. The number of sulfone groups is 1. The van der Waals surface area contributed by atoms with E-state index in [4.69, 9.17) is 0 Å². The summed E-state index contributed by atoms with van der Waals surface area (Å²) in [5.41, 5.74) is 3.20. The summed E-state index contributed by atoms with van der Waals surface area (Å²) in [4.78, 5) is 6.50. The summed E-state index contributed by atoms with van der Waals surface area (Å²) in [6.45, 7) is 12.6. The fourth-order valence-electron chi connectivity index (χ4n) is 2.91. The van der Waals surface area contributed by atoms with Crippen molar-refractivity contribution in [1.29, 1.82) is 0 Å². The lowest BCUT2D eigenvalue weighted by Crippen LogP contribution is -2.26. The minimum Gasteiger partial charge on any atom is -0.317 e. The lowest BCUT2D eigenvalue weighted by molar-refractivity contribution is 0.294. The highest BCUT2D eigenvalue weighted by atomic mass is 32.2. The van der Waals surface area contributed by atoms with Crippen molar-refractivity contribution in [1.82, 2.24) is 14.5 Å². The molecule has 2 rings (SSSR count). The van der Waals surface area contributed by atoms with Crippen molar-refractivity contribution < 1.29 is 8.42 Å². The number of imidazole rings is 1. The Morgan fingerprint density at radius 1 is 1.23 bits per heavy atom. The highest BCUT2D eigenvalue weighted by molar-refractivity contribution is 7.91. The molecule has 142 valence electrons. The van der Waals surface area contributed by atoms with Crippen LogP contribution in [-0.4, -0.2) is 41.7 Å². The maximum Gasteiger partial charge on any atom is 0.227 e. The quantitative estimate of drug-likeness (QED) is 0.598. The molecule has 0 bridgehead atoms. The minimum absolute atomic E-state index is 0.0536. The molecular weight excluding hydrogens is 346 g/mol. The van der Waals surface area contributed by atoms with Crippen molar-refractivity contribution in [2.75, 3.05) is 18.8 Å². The Kier molecular flexibility index (Phi) is 7.17. The van der Waals surface area contributed by atoms with E-state index in [1.807, 2.05) is 29.7 Å². The molecule has 0 spiro atoms. The van der Waals surface area contributed by atoms with Gasteiger partial charge in [-0.1, -0.05) is 56.3 Å². The third-order valence-electron chi connectivity index (χ3n) is 4.35. The first-order chi connectivity index (χ1) is 12.4. The van der Waals surface area contributed by atoms with Gasteiger partial charge in [0.15, 0.2) is 0 Å². The van der Waals surface area contributed by atoms with Gasteiger partial charge in [0.2, 0.25) is 15.0 Å². The zero-order valence-corrected chi connectivity index (χ0v) is 16.8. The maximum atomic E-state index is 12.5. The van der Waals surface area contributed by atoms with Crippen LogP contribution in [0.15, 0.2) is 53.8 Å². The number of aromatic nitrogens is 2. The molecule has 0 N–H and O–H groups in total. The van der Waals surface area contributed by atoms with Crippen LogP contribution in [0.1, 0.15) is 32.0 Å². The van der Waals surface area contributed by atoms with Crippen molar-refractivity contribution in [3.05, 3.63) is 59.9 Å². The summed E-state index contributed by atoms with van der Waals surface area (Å²) in [6.07, 6.45) is 2.47. The number of hydrogen-bond donors (Lipinski definition) is 0. The second-order valence-corrected chi connectivity index (χ2v) is 8.76. The van der Waals surface area contributed by atoms with Gasteiger partial charge in [0.05, 0.1) is 17.6 Å². The average Bonchev–Trinajstić information content (AvgIpc) is 3.03. The highest BCUT2D eigenvalue weighted by Gasteiger charge is 2.22. The fraction of sp³-hybridized carbons (Fsp3) is 0.450. The van der Waals surface area contributed by atoms with Gasteiger partial charge >= 0.3 is 0 Å². The van der Waals surface area contributed by atoms with Crippen LogP contribution in [0.5, 0.6) is 0 Å². The van der Waals surface area contributed by atoms with Crippen molar-refractivity contribution in [2.45, 2.75) is 45.4 Å². The first kappa shape index (κ1) is 20.4. The molecule has 0 atom stereocenters. The SMILES string of the molecule is C=C(C)CN(CC)Cc1cnc(S(=O)(=O)CC)n1CCc1ccccc1. The molecule has 5 nitrogen and oxygen atoms in total. The summed E-state index contributed by atoms with van der Waals surface area (Å²) in [5.74, 6) is 0.0536. The molecule has 1 heterocycles. The number of rotatable bonds is 10. The van der Waals surface area contributed by atoms with Gasteiger partial charge in [-0.25, -0.2) is 13.4 Å². The average molecular weight is 376 g/mol. The topological polar surface area (TPSA) is 55.2 Å². The summed E-state index contributed by atoms with van der Waals surface area (Å²) in [5, 5.41) is 0.178. The Labute approximate surface area is 157 Å². The molecule has 0 amide bonds. The molecule has 0 aliphatic carbocycles. The zero-order valence-electron chi connectivity index (χ0n) is 16.0. The molecule has 0 saturated heterocycles. The number of benzene rings is 1. The van der Waals surface area contributed by atoms with Crippen LogP contribution in [-0.2, 0) is 29.3 Å². The number of nitrogens with zero attached hydrogens (tertiary/aromatic N) is 3. The maximum absolute atomic E-state index is 12.5. The molecule has 1 aromatic carbocycles. The van der Waals surface area contributed by atoms with Crippen molar-refractivity contribution in [3.63, 3.8) is 0 Å². The Bertz CT molecular complexity index is 826. The molecule has 2 aromatic rings. The van der Waals surface area contributed by atoms with Crippen LogP contribution in [0, 0.1) is 0 Å². The minimum atomic E-state index is -3.36. The largest absolute Gasteiger partial charge is 0.317 e. The van der Waals surface area contributed by atoms with E-state index in [0.29, 0.717) is 13.1 Å². The third-order valence-corrected chi connectivity index (χ3v) is 6.00. The predicted molar refractivity (Wildman–Crippen MR) is 106 cm³/mol. The van der Waals surface area contributed by atoms with E-state index < -0.39 is 9.84 Å². The van der Waals surface area contributed by atoms with Crippen molar-refractivity contribution in [2.24, 2.45) is 0 Å². The molecule has 0 saturated carbocycles. The second kappa shape index (κ2) is 9.14. The molecule has 0 radical (unpaired) electrons. The first-order valence-electron chi connectivity index (χ1n) is 9.05. The predicted octanol–water partition coefficient (Wildman–Crippen LogP) is 3.32. The molecule has 0 unspecified atom stereocenters. The van der Waals surface area contributed by atoms with Crippen LogP contribution in [0.2, 0.25) is 0 Å². The van der Waals surface area contributed by atoms with Crippen LogP contribution in [0.3, 0.4) is 0 Å².